The fraction of sp³-hybridized carbons (Fsp3) is 0.0833. The summed E-state index contributed by atoms with van der Waals surface area (Å²) in [5.41, 5.74) is -0.222. The summed E-state index contributed by atoms with van der Waals surface area (Å²) in [4.78, 5) is 7.17. The molecule has 0 aliphatic rings. The van der Waals surface area contributed by atoms with Crippen LogP contribution in [0.2, 0.25) is 5.15 Å². The van der Waals surface area contributed by atoms with Crippen LogP contribution in [0.3, 0.4) is 0 Å². The van der Waals surface area contributed by atoms with Gasteiger partial charge in [0.1, 0.15) is 5.15 Å². The lowest BCUT2D eigenvalue weighted by Crippen LogP contribution is -2.10. The Balaban J connectivity index is 1.99. The van der Waals surface area contributed by atoms with Crippen molar-refractivity contribution < 1.29 is 13.2 Å². The number of anilines is 2. The van der Waals surface area contributed by atoms with Gasteiger partial charge < -0.3 is 5.32 Å². The van der Waals surface area contributed by atoms with E-state index in [9.17, 15) is 13.2 Å². The van der Waals surface area contributed by atoms with Crippen LogP contribution in [0.5, 0.6) is 0 Å². The van der Waals surface area contributed by atoms with Crippen LogP contribution in [0.25, 0.3) is 11.4 Å². The molecule has 0 amide bonds. The number of para-hydroxylation sites is 1. The zero-order valence-electron chi connectivity index (χ0n) is 11.1. The Hall–Kier alpha value is -2.75. The van der Waals surface area contributed by atoms with Crippen LogP contribution < -0.4 is 5.32 Å². The molecule has 23 heavy (non-hydrogen) atoms. The van der Waals surface area contributed by atoms with Gasteiger partial charge in [-0.05, 0) is 17.3 Å². The Morgan fingerprint density at radius 2 is 1.91 bits per heavy atom. The molecule has 1 aromatic carbocycles. The molecule has 0 radical (unpaired) electrons. The number of hydrogen-bond donors (Lipinski definition) is 2. The van der Waals surface area contributed by atoms with Crippen molar-refractivity contribution in [3.63, 3.8) is 0 Å². The van der Waals surface area contributed by atoms with Crippen molar-refractivity contribution in [1.82, 2.24) is 30.6 Å². The molecule has 0 spiro atoms. The second kappa shape index (κ2) is 5.80. The van der Waals surface area contributed by atoms with Crippen molar-refractivity contribution >= 4 is 23.2 Å². The van der Waals surface area contributed by atoms with Crippen molar-refractivity contribution in [2.75, 3.05) is 5.32 Å². The number of H-pyrrole nitrogens is 1. The van der Waals surface area contributed by atoms with Crippen LogP contribution in [0.15, 0.2) is 30.3 Å². The maximum Gasteiger partial charge on any atom is 0.433 e. The van der Waals surface area contributed by atoms with Gasteiger partial charge in [-0.2, -0.15) is 18.4 Å². The van der Waals surface area contributed by atoms with Gasteiger partial charge in [0.2, 0.25) is 11.8 Å². The topological polar surface area (TPSA) is 92.3 Å². The molecule has 2 heterocycles. The van der Waals surface area contributed by atoms with E-state index in [0.717, 1.165) is 0 Å². The van der Waals surface area contributed by atoms with Crippen LogP contribution in [-0.4, -0.2) is 30.6 Å². The highest BCUT2D eigenvalue weighted by Gasteiger charge is 2.33. The maximum absolute atomic E-state index is 12.8. The number of halogens is 4. The molecule has 7 nitrogen and oxygen atoms in total. The van der Waals surface area contributed by atoms with E-state index in [0.29, 0.717) is 17.3 Å². The molecule has 0 fully saturated rings. The van der Waals surface area contributed by atoms with E-state index >= 15 is 0 Å². The Labute approximate surface area is 131 Å². The lowest BCUT2D eigenvalue weighted by Gasteiger charge is -2.11. The van der Waals surface area contributed by atoms with Crippen molar-refractivity contribution in [2.24, 2.45) is 0 Å². The molecule has 0 atom stereocenters. The average Bonchev–Trinajstić information content (AvgIpc) is 3.00. The minimum atomic E-state index is -4.63. The molecule has 0 saturated carbocycles. The number of aromatic nitrogens is 6. The molecular formula is C12H7ClF3N7. The molecule has 0 aliphatic heterocycles. The molecule has 2 aromatic heterocycles. The quantitative estimate of drug-likeness (QED) is 0.711. The molecule has 0 saturated heterocycles. The van der Waals surface area contributed by atoms with Gasteiger partial charge in [0.25, 0.3) is 0 Å². The van der Waals surface area contributed by atoms with Gasteiger partial charge in [-0.1, -0.05) is 23.7 Å². The molecule has 0 unspecified atom stereocenters. The van der Waals surface area contributed by atoms with E-state index in [-0.39, 0.29) is 16.9 Å². The van der Waals surface area contributed by atoms with Gasteiger partial charge in [0.15, 0.2) is 5.69 Å². The van der Waals surface area contributed by atoms with Crippen LogP contribution in [-0.2, 0) is 6.18 Å². The number of tetrazole rings is 1. The minimum absolute atomic E-state index is 0.270. The van der Waals surface area contributed by atoms with Gasteiger partial charge in [0.05, 0.1) is 5.69 Å². The number of alkyl halides is 3. The Bertz CT molecular complexity index is 820. The first-order valence-corrected chi connectivity index (χ1v) is 6.53. The Morgan fingerprint density at radius 3 is 2.61 bits per heavy atom. The first-order chi connectivity index (χ1) is 10.9. The van der Waals surface area contributed by atoms with E-state index < -0.39 is 11.9 Å². The first kappa shape index (κ1) is 15.2. The van der Waals surface area contributed by atoms with E-state index in [2.05, 4.69) is 35.9 Å². The molecule has 2 N–H and O–H groups in total. The van der Waals surface area contributed by atoms with Crippen molar-refractivity contribution in [2.45, 2.75) is 6.18 Å². The van der Waals surface area contributed by atoms with Gasteiger partial charge in [-0.15, -0.1) is 10.2 Å². The third-order valence-electron chi connectivity index (χ3n) is 2.75. The number of nitrogens with one attached hydrogen (secondary N) is 2. The number of nitrogens with zero attached hydrogens (tertiary/aromatic N) is 5. The maximum atomic E-state index is 12.8. The van der Waals surface area contributed by atoms with Gasteiger partial charge in [-0.3, -0.25) is 0 Å². The smallest absolute Gasteiger partial charge is 0.323 e. The third-order valence-corrected chi connectivity index (χ3v) is 2.94. The van der Waals surface area contributed by atoms with E-state index in [1.807, 2.05) is 0 Å². The van der Waals surface area contributed by atoms with Crippen LogP contribution >= 0.6 is 11.6 Å². The number of rotatable bonds is 3. The summed E-state index contributed by atoms with van der Waals surface area (Å²) >= 11 is 5.63. The van der Waals surface area contributed by atoms with Crippen molar-refractivity contribution in [3.8, 4) is 11.4 Å². The summed E-state index contributed by atoms with van der Waals surface area (Å²) in [6.45, 7) is 0. The third kappa shape index (κ3) is 3.37. The van der Waals surface area contributed by atoms with Crippen molar-refractivity contribution in [3.05, 3.63) is 41.2 Å². The van der Waals surface area contributed by atoms with Crippen LogP contribution in [0, 0.1) is 0 Å². The highest BCUT2D eigenvalue weighted by atomic mass is 35.5. The molecule has 3 aromatic rings. The number of hydrogen-bond acceptors (Lipinski definition) is 6. The zero-order chi connectivity index (χ0) is 16.4. The molecule has 0 bridgehead atoms. The minimum Gasteiger partial charge on any atom is -0.323 e. The normalized spacial score (nSPS) is 11.5. The lowest BCUT2D eigenvalue weighted by atomic mass is 10.1. The molecule has 3 rings (SSSR count). The second-order valence-electron chi connectivity index (χ2n) is 4.30. The molecule has 118 valence electrons. The van der Waals surface area contributed by atoms with Gasteiger partial charge in [0, 0.05) is 11.6 Å². The van der Waals surface area contributed by atoms with Gasteiger partial charge in [-0.25, -0.2) is 9.97 Å². The first-order valence-electron chi connectivity index (χ1n) is 6.15. The summed E-state index contributed by atoms with van der Waals surface area (Å²) in [6.07, 6.45) is -4.63. The summed E-state index contributed by atoms with van der Waals surface area (Å²) < 4.78 is 38.3. The second-order valence-corrected chi connectivity index (χ2v) is 4.69. The van der Waals surface area contributed by atoms with Crippen molar-refractivity contribution in [1.29, 1.82) is 0 Å². The fourth-order valence-corrected chi connectivity index (χ4v) is 1.99. The van der Waals surface area contributed by atoms with Crippen LogP contribution in [0.4, 0.5) is 24.8 Å². The standard InChI is InChI=1S/C12H7ClF3N7/c13-9-5-8(12(14,15)16)18-11(19-9)17-7-4-2-1-3-6(7)10-20-22-23-21-10/h1-5H,(H,17,18,19)(H,20,21,22,23). The summed E-state index contributed by atoms with van der Waals surface area (Å²) in [6, 6.07) is 7.33. The highest BCUT2D eigenvalue weighted by molar-refractivity contribution is 6.29. The fourth-order valence-electron chi connectivity index (χ4n) is 1.80. The Kier molecular flexibility index (Phi) is 3.82. The largest absolute Gasteiger partial charge is 0.433 e. The zero-order valence-corrected chi connectivity index (χ0v) is 11.9. The predicted octanol–water partition coefficient (Wildman–Crippen LogP) is 3.07. The molecule has 0 aliphatic carbocycles. The van der Waals surface area contributed by atoms with E-state index in [1.54, 1.807) is 24.3 Å². The van der Waals surface area contributed by atoms with E-state index in [4.69, 9.17) is 11.6 Å². The SMILES string of the molecule is FC(F)(F)c1cc(Cl)nc(Nc2ccccc2-c2nn[nH]n2)n1. The summed E-state index contributed by atoms with van der Waals surface area (Å²) in [5.74, 6) is -0.0213. The predicted molar refractivity (Wildman–Crippen MR) is 74.9 cm³/mol. The van der Waals surface area contributed by atoms with Gasteiger partial charge >= 0.3 is 6.18 Å². The molecule has 11 heteroatoms. The monoisotopic (exact) mass is 341 g/mol. The lowest BCUT2D eigenvalue weighted by molar-refractivity contribution is -0.141. The average molecular weight is 342 g/mol. The number of benzene rings is 1. The Morgan fingerprint density at radius 1 is 1.13 bits per heavy atom. The summed E-state index contributed by atoms with van der Waals surface area (Å²) in [7, 11) is 0. The van der Waals surface area contributed by atoms with E-state index in [1.165, 1.54) is 0 Å². The number of aromatic amines is 1. The highest BCUT2D eigenvalue weighted by Crippen LogP contribution is 2.31. The molecular weight excluding hydrogens is 335 g/mol. The summed E-state index contributed by atoms with van der Waals surface area (Å²) in [5, 5.41) is 15.8. The van der Waals surface area contributed by atoms with Crippen LogP contribution in [0.1, 0.15) is 5.69 Å².